The maximum atomic E-state index is 14.0. The third kappa shape index (κ3) is 4.35. The topological polar surface area (TPSA) is 76.3 Å². The van der Waals surface area contributed by atoms with Crippen LogP contribution in [0.25, 0.3) is 11.0 Å². The summed E-state index contributed by atoms with van der Waals surface area (Å²) >= 11 is 4.40. The van der Waals surface area contributed by atoms with E-state index in [2.05, 4.69) is 10.2 Å². The van der Waals surface area contributed by atoms with E-state index in [9.17, 15) is 14.0 Å². The van der Waals surface area contributed by atoms with Crippen LogP contribution < -0.4 is 10.3 Å². The molecular formula is C27H18FN3O3S3. The Balaban J connectivity index is 1.45. The molecule has 184 valence electrons. The van der Waals surface area contributed by atoms with Crippen LogP contribution in [0.1, 0.15) is 33.3 Å². The summed E-state index contributed by atoms with van der Waals surface area (Å²) in [4.78, 5) is 29.8. The van der Waals surface area contributed by atoms with E-state index in [4.69, 9.17) is 4.42 Å². The number of aromatic nitrogens is 2. The van der Waals surface area contributed by atoms with Crippen LogP contribution >= 0.6 is 34.9 Å². The summed E-state index contributed by atoms with van der Waals surface area (Å²) in [5.74, 6) is -0.379. The van der Waals surface area contributed by atoms with Crippen LogP contribution in [-0.2, 0) is 5.75 Å². The van der Waals surface area contributed by atoms with Crippen molar-refractivity contribution in [2.45, 2.75) is 21.0 Å². The molecule has 0 N–H and O–H groups in total. The third-order valence-corrected chi connectivity index (χ3v) is 8.94. The molecule has 1 unspecified atom stereocenters. The predicted octanol–water partition coefficient (Wildman–Crippen LogP) is 6.55. The Bertz CT molecular complexity index is 1690. The van der Waals surface area contributed by atoms with Crippen LogP contribution in [-0.4, -0.2) is 22.4 Å². The first-order chi connectivity index (χ1) is 18.0. The van der Waals surface area contributed by atoms with Gasteiger partial charge in [-0.25, -0.2) is 4.39 Å². The van der Waals surface area contributed by atoms with Crippen LogP contribution in [0.15, 0.2) is 91.2 Å². The number of fused-ring (bicyclic) bond motifs is 2. The Labute approximate surface area is 223 Å². The van der Waals surface area contributed by atoms with Gasteiger partial charge in [-0.05, 0) is 47.7 Å². The summed E-state index contributed by atoms with van der Waals surface area (Å²) in [5, 5.41) is 9.06. The molecule has 0 saturated carbocycles. The summed E-state index contributed by atoms with van der Waals surface area (Å²) in [7, 11) is 0. The van der Waals surface area contributed by atoms with Gasteiger partial charge < -0.3 is 4.42 Å². The molecular weight excluding hydrogens is 530 g/mol. The van der Waals surface area contributed by atoms with Gasteiger partial charge in [0.1, 0.15) is 11.4 Å². The number of benzene rings is 3. The summed E-state index contributed by atoms with van der Waals surface area (Å²) in [5.41, 5.74) is 1.77. The highest BCUT2D eigenvalue weighted by atomic mass is 32.2. The Kier molecular flexibility index (Phi) is 6.31. The second-order valence-electron chi connectivity index (χ2n) is 8.29. The van der Waals surface area contributed by atoms with Crippen LogP contribution in [0.3, 0.4) is 0 Å². The SMILES string of the molecule is CSc1ccc(C2c3c(oc4ccc(F)cc4c3=O)C(=O)N2c2nnc(SCc3ccccc3)s2)cc1. The number of rotatable bonds is 6. The molecule has 1 atom stereocenters. The lowest BCUT2D eigenvalue weighted by atomic mass is 9.99. The number of carbonyl (C=O) groups excluding carboxylic acids is 1. The molecule has 2 aromatic heterocycles. The van der Waals surface area contributed by atoms with Crippen molar-refractivity contribution in [1.82, 2.24) is 10.2 Å². The van der Waals surface area contributed by atoms with Crippen molar-refractivity contribution in [3.63, 3.8) is 0 Å². The van der Waals surface area contributed by atoms with Crippen LogP contribution in [0.2, 0.25) is 0 Å². The minimum atomic E-state index is -0.776. The van der Waals surface area contributed by atoms with E-state index in [-0.39, 0.29) is 22.3 Å². The van der Waals surface area contributed by atoms with E-state index in [0.29, 0.717) is 15.2 Å². The van der Waals surface area contributed by atoms with E-state index < -0.39 is 23.2 Å². The molecule has 6 nitrogen and oxygen atoms in total. The Morgan fingerprint density at radius 1 is 1.03 bits per heavy atom. The van der Waals surface area contributed by atoms with Crippen LogP contribution in [0.5, 0.6) is 0 Å². The minimum absolute atomic E-state index is 0.0586. The molecule has 0 fully saturated rings. The maximum absolute atomic E-state index is 14.0. The first kappa shape index (κ1) is 23.9. The van der Waals surface area contributed by atoms with Crippen LogP contribution in [0, 0.1) is 5.82 Å². The molecule has 0 bridgehead atoms. The van der Waals surface area contributed by atoms with E-state index in [0.717, 1.165) is 22.1 Å². The molecule has 5 aromatic rings. The molecule has 0 aliphatic carbocycles. The summed E-state index contributed by atoms with van der Waals surface area (Å²) in [6.07, 6.45) is 1.97. The van der Waals surface area contributed by atoms with Gasteiger partial charge >= 0.3 is 0 Å². The number of carbonyl (C=O) groups is 1. The van der Waals surface area contributed by atoms with Gasteiger partial charge in [-0.1, -0.05) is 65.6 Å². The lowest BCUT2D eigenvalue weighted by Gasteiger charge is -2.22. The van der Waals surface area contributed by atoms with E-state index in [1.807, 2.05) is 60.9 Å². The quantitative estimate of drug-likeness (QED) is 0.176. The van der Waals surface area contributed by atoms with Crippen molar-refractivity contribution in [1.29, 1.82) is 0 Å². The van der Waals surface area contributed by atoms with Gasteiger partial charge in [0.05, 0.1) is 17.0 Å². The number of halogens is 1. The maximum Gasteiger partial charge on any atom is 0.297 e. The van der Waals surface area contributed by atoms with Crippen molar-refractivity contribution < 1.29 is 13.6 Å². The van der Waals surface area contributed by atoms with Crippen molar-refractivity contribution >= 4 is 56.9 Å². The number of anilines is 1. The molecule has 1 aliphatic heterocycles. The molecule has 3 aromatic carbocycles. The van der Waals surface area contributed by atoms with Gasteiger partial charge in [-0.3, -0.25) is 14.5 Å². The lowest BCUT2D eigenvalue weighted by molar-refractivity contribution is 0.0970. The average Bonchev–Trinajstić information content (AvgIpc) is 3.51. The lowest BCUT2D eigenvalue weighted by Crippen LogP contribution is -2.29. The molecule has 0 spiro atoms. The van der Waals surface area contributed by atoms with Crippen molar-refractivity contribution in [3.05, 3.63) is 111 Å². The molecule has 1 amide bonds. The number of nitrogens with zero attached hydrogens (tertiary/aromatic N) is 3. The van der Waals surface area contributed by atoms with Crippen LogP contribution in [0.4, 0.5) is 9.52 Å². The summed E-state index contributed by atoms with van der Waals surface area (Å²) in [6, 6.07) is 20.6. The van der Waals surface area contributed by atoms with Gasteiger partial charge in [-0.2, -0.15) is 0 Å². The zero-order valence-corrected chi connectivity index (χ0v) is 21.8. The fourth-order valence-electron chi connectivity index (χ4n) is 4.32. The summed E-state index contributed by atoms with van der Waals surface area (Å²) in [6.45, 7) is 0. The highest BCUT2D eigenvalue weighted by Crippen LogP contribution is 2.43. The Morgan fingerprint density at radius 3 is 2.57 bits per heavy atom. The molecule has 0 saturated heterocycles. The first-order valence-electron chi connectivity index (χ1n) is 11.3. The Hall–Kier alpha value is -3.47. The van der Waals surface area contributed by atoms with Gasteiger partial charge in [0, 0.05) is 10.6 Å². The van der Waals surface area contributed by atoms with Crippen molar-refractivity contribution in [2.24, 2.45) is 0 Å². The second kappa shape index (κ2) is 9.77. The van der Waals surface area contributed by atoms with Crippen molar-refractivity contribution in [2.75, 3.05) is 11.2 Å². The standard InChI is InChI=1S/C27H18FN3O3S3/c1-35-18-10-7-16(8-11-18)22-21-23(32)19-13-17(28)9-12-20(19)34-24(21)25(33)31(22)26-29-30-27(37-26)36-14-15-5-3-2-4-6-15/h2-13,22H,14H2,1H3. The van der Waals surface area contributed by atoms with Gasteiger partial charge in [0.25, 0.3) is 5.91 Å². The van der Waals surface area contributed by atoms with Gasteiger partial charge in [-0.15, -0.1) is 22.0 Å². The zero-order valence-electron chi connectivity index (χ0n) is 19.4. The van der Waals surface area contributed by atoms with Crippen molar-refractivity contribution in [3.8, 4) is 0 Å². The fraction of sp³-hybridized carbons (Fsp3) is 0.111. The molecule has 6 rings (SSSR count). The van der Waals surface area contributed by atoms with Gasteiger partial charge in [0.15, 0.2) is 9.77 Å². The second-order valence-corrected chi connectivity index (χ2v) is 11.3. The first-order valence-corrected chi connectivity index (χ1v) is 14.3. The Morgan fingerprint density at radius 2 is 1.81 bits per heavy atom. The van der Waals surface area contributed by atoms with E-state index >= 15 is 0 Å². The molecule has 0 radical (unpaired) electrons. The number of hydrogen-bond acceptors (Lipinski definition) is 8. The third-order valence-electron chi connectivity index (χ3n) is 6.07. The number of thioether (sulfide) groups is 2. The largest absolute Gasteiger partial charge is 0.450 e. The van der Waals surface area contributed by atoms with Gasteiger partial charge in [0.2, 0.25) is 10.9 Å². The number of hydrogen-bond donors (Lipinski definition) is 0. The van der Waals surface area contributed by atoms with E-state index in [1.165, 1.54) is 40.1 Å². The molecule has 37 heavy (non-hydrogen) atoms. The smallest absolute Gasteiger partial charge is 0.297 e. The minimum Gasteiger partial charge on any atom is -0.450 e. The average molecular weight is 548 g/mol. The summed E-state index contributed by atoms with van der Waals surface area (Å²) < 4.78 is 20.6. The zero-order chi connectivity index (χ0) is 25.5. The highest BCUT2D eigenvalue weighted by molar-refractivity contribution is 8.00. The molecule has 1 aliphatic rings. The molecule has 10 heteroatoms. The monoisotopic (exact) mass is 547 g/mol. The normalized spacial score (nSPS) is 14.9. The van der Waals surface area contributed by atoms with E-state index in [1.54, 1.807) is 11.8 Å². The molecule has 3 heterocycles. The highest BCUT2D eigenvalue weighted by Gasteiger charge is 2.45. The fourth-order valence-corrected chi connectivity index (χ4v) is 6.55. The number of amides is 1. The predicted molar refractivity (Wildman–Crippen MR) is 145 cm³/mol.